The van der Waals surface area contributed by atoms with Gasteiger partial charge in [-0.1, -0.05) is 151 Å². The second kappa shape index (κ2) is 11.7. The summed E-state index contributed by atoms with van der Waals surface area (Å²) in [5, 5.41) is 8.24. The van der Waals surface area contributed by atoms with E-state index in [1.54, 1.807) is 0 Å². The van der Waals surface area contributed by atoms with Gasteiger partial charge in [0.2, 0.25) is 0 Å². The Hall–Kier alpha value is -7.02. The minimum Gasteiger partial charge on any atom is -0.295 e. The highest BCUT2D eigenvalue weighted by Crippen LogP contribution is 2.49. The molecule has 4 heterocycles. The first-order chi connectivity index (χ1) is 27.3. The highest BCUT2D eigenvalue weighted by molar-refractivity contribution is 7.99. The first-order valence-electron chi connectivity index (χ1n) is 18.5. The van der Waals surface area contributed by atoms with Gasteiger partial charge < -0.3 is 0 Å². The maximum atomic E-state index is 5.26. The van der Waals surface area contributed by atoms with E-state index in [0.717, 1.165) is 55.1 Å². The molecule has 6 heteroatoms. The maximum absolute atomic E-state index is 5.26. The Morgan fingerprint density at radius 3 is 1.75 bits per heavy atom. The number of nitrogens with zero attached hydrogens (tertiary/aromatic N) is 5. The van der Waals surface area contributed by atoms with E-state index in [1.165, 1.54) is 37.2 Å². The Morgan fingerprint density at radius 2 is 0.982 bits per heavy atom. The van der Waals surface area contributed by atoms with Crippen LogP contribution in [0.15, 0.2) is 186 Å². The summed E-state index contributed by atoms with van der Waals surface area (Å²) in [6, 6.07) is 62.4. The molecule has 0 amide bonds. The summed E-state index contributed by atoms with van der Waals surface area (Å²) in [5.74, 6) is 1.92. The van der Waals surface area contributed by atoms with Crippen LogP contribution in [0.4, 0.5) is 0 Å². The average Bonchev–Trinajstić information content (AvgIpc) is 3.77. The fourth-order valence-corrected chi connectivity index (χ4v) is 9.65. The molecule has 0 radical (unpaired) electrons. The molecule has 0 saturated carbocycles. The molecule has 1 aliphatic rings. The molecule has 3 aromatic heterocycles. The van der Waals surface area contributed by atoms with Crippen LogP contribution in [0.1, 0.15) is 0 Å². The highest BCUT2D eigenvalue weighted by atomic mass is 32.2. The van der Waals surface area contributed by atoms with Crippen LogP contribution in [0.3, 0.4) is 0 Å². The number of hydrogen-bond acceptors (Lipinski definition) is 4. The molecular formula is C49H29N5S. The average molecular weight is 720 g/mol. The van der Waals surface area contributed by atoms with Crippen LogP contribution in [0.2, 0.25) is 0 Å². The summed E-state index contributed by atoms with van der Waals surface area (Å²) >= 11 is 1.85. The van der Waals surface area contributed by atoms with Gasteiger partial charge in [-0.05, 0) is 57.9 Å². The van der Waals surface area contributed by atoms with E-state index in [4.69, 9.17) is 15.0 Å². The molecule has 12 rings (SSSR count). The highest BCUT2D eigenvalue weighted by Gasteiger charge is 2.28. The van der Waals surface area contributed by atoms with Gasteiger partial charge in [-0.3, -0.25) is 9.13 Å². The summed E-state index contributed by atoms with van der Waals surface area (Å²) in [6.45, 7) is 0. The lowest BCUT2D eigenvalue weighted by atomic mass is 10.0. The topological polar surface area (TPSA) is 48.5 Å². The van der Waals surface area contributed by atoms with E-state index in [1.807, 2.05) is 11.8 Å². The molecule has 8 aromatic carbocycles. The smallest absolute Gasteiger partial charge is 0.164 e. The predicted molar refractivity (Wildman–Crippen MR) is 226 cm³/mol. The lowest BCUT2D eigenvalue weighted by Gasteiger charge is -2.21. The molecule has 0 atom stereocenters. The van der Waals surface area contributed by atoms with Crippen molar-refractivity contribution in [3.05, 3.63) is 176 Å². The largest absolute Gasteiger partial charge is 0.295 e. The Morgan fingerprint density at radius 1 is 0.418 bits per heavy atom. The van der Waals surface area contributed by atoms with Crippen molar-refractivity contribution in [2.24, 2.45) is 0 Å². The summed E-state index contributed by atoms with van der Waals surface area (Å²) < 4.78 is 4.89. The molecule has 11 aromatic rings. The molecule has 0 saturated heterocycles. The minimum atomic E-state index is 0.626. The van der Waals surface area contributed by atoms with Crippen molar-refractivity contribution in [2.75, 3.05) is 0 Å². The fourth-order valence-electron chi connectivity index (χ4n) is 8.56. The normalized spacial score (nSPS) is 12.3. The van der Waals surface area contributed by atoms with Crippen LogP contribution in [0.25, 0.3) is 99.9 Å². The summed E-state index contributed by atoms with van der Waals surface area (Å²) in [6.07, 6.45) is 0. The Labute approximate surface area is 320 Å². The summed E-state index contributed by atoms with van der Waals surface area (Å²) in [7, 11) is 0. The third-order valence-corrected chi connectivity index (χ3v) is 12.1. The van der Waals surface area contributed by atoms with Crippen LogP contribution in [0, 0.1) is 0 Å². The lowest BCUT2D eigenvalue weighted by molar-refractivity contribution is 1.03. The second-order valence-electron chi connectivity index (χ2n) is 14.0. The van der Waals surface area contributed by atoms with E-state index < -0.39 is 0 Å². The third-order valence-electron chi connectivity index (χ3n) is 10.9. The van der Waals surface area contributed by atoms with Gasteiger partial charge in [0.1, 0.15) is 5.65 Å². The fraction of sp³-hybridized carbons (Fsp3) is 0. The molecule has 0 bridgehead atoms. The molecule has 5 nitrogen and oxygen atoms in total. The molecule has 0 aliphatic carbocycles. The molecule has 0 N–H and O–H groups in total. The van der Waals surface area contributed by atoms with Crippen molar-refractivity contribution in [1.29, 1.82) is 0 Å². The van der Waals surface area contributed by atoms with Crippen molar-refractivity contribution in [3.8, 4) is 45.5 Å². The van der Waals surface area contributed by atoms with Gasteiger partial charge in [0.05, 0.1) is 16.7 Å². The van der Waals surface area contributed by atoms with Crippen molar-refractivity contribution >= 4 is 66.1 Å². The number of rotatable bonds is 4. The second-order valence-corrected chi connectivity index (χ2v) is 15.1. The van der Waals surface area contributed by atoms with Crippen molar-refractivity contribution < 1.29 is 0 Å². The van der Waals surface area contributed by atoms with E-state index in [0.29, 0.717) is 17.5 Å². The van der Waals surface area contributed by atoms with Crippen LogP contribution in [0.5, 0.6) is 0 Å². The molecule has 1 aliphatic heterocycles. The minimum absolute atomic E-state index is 0.626. The van der Waals surface area contributed by atoms with Crippen molar-refractivity contribution in [2.45, 2.75) is 9.79 Å². The molecular weight excluding hydrogens is 691 g/mol. The summed E-state index contributed by atoms with van der Waals surface area (Å²) in [5.41, 5.74) is 8.66. The lowest BCUT2D eigenvalue weighted by Crippen LogP contribution is -2.06. The van der Waals surface area contributed by atoms with Crippen molar-refractivity contribution in [3.63, 3.8) is 0 Å². The first-order valence-corrected chi connectivity index (χ1v) is 19.3. The number of fused-ring (bicyclic) bond motifs is 9. The summed E-state index contributed by atoms with van der Waals surface area (Å²) in [4.78, 5) is 18.2. The van der Waals surface area contributed by atoms with E-state index in [9.17, 15) is 0 Å². The molecule has 0 fully saturated rings. The van der Waals surface area contributed by atoms with Gasteiger partial charge in [-0.15, -0.1) is 0 Å². The van der Waals surface area contributed by atoms with E-state index >= 15 is 0 Å². The number of benzene rings is 8. The zero-order valence-corrected chi connectivity index (χ0v) is 30.2. The Kier molecular flexibility index (Phi) is 6.50. The van der Waals surface area contributed by atoms with Gasteiger partial charge >= 0.3 is 0 Å². The predicted octanol–water partition coefficient (Wildman–Crippen LogP) is 12.7. The van der Waals surface area contributed by atoms with Crippen molar-refractivity contribution in [1.82, 2.24) is 24.1 Å². The Balaban J connectivity index is 1.13. The van der Waals surface area contributed by atoms with Crippen LogP contribution in [-0.4, -0.2) is 24.1 Å². The number of para-hydroxylation sites is 3. The molecule has 55 heavy (non-hydrogen) atoms. The number of aromatic nitrogens is 5. The van der Waals surface area contributed by atoms with Gasteiger partial charge in [-0.25, -0.2) is 15.0 Å². The zero-order valence-electron chi connectivity index (χ0n) is 29.4. The maximum Gasteiger partial charge on any atom is 0.164 e. The Bertz CT molecular complexity index is 3270. The van der Waals surface area contributed by atoms with Gasteiger partial charge in [0.15, 0.2) is 17.5 Å². The van der Waals surface area contributed by atoms with Crippen LogP contribution in [-0.2, 0) is 0 Å². The van der Waals surface area contributed by atoms with Gasteiger partial charge in [0.25, 0.3) is 0 Å². The van der Waals surface area contributed by atoms with Crippen LogP contribution < -0.4 is 0 Å². The van der Waals surface area contributed by atoms with Gasteiger partial charge in [-0.2, -0.15) is 0 Å². The standard InChI is InChI=1S/C49H29N5S/c1-3-19-34-30(13-1)15-10-22-36(34)47-50-46(51-48(52-47)37-23-11-16-31-14-2-4-20-35(31)37)32-17-9-18-33(29-32)53-40-25-6-5-21-38(40)44-39-24-12-28-43-45(39)54(49(44)53)41-26-7-8-27-42(41)55-43/h1-29H. The molecule has 0 spiro atoms. The monoisotopic (exact) mass is 719 g/mol. The zero-order chi connectivity index (χ0) is 36.0. The first kappa shape index (κ1) is 30.4. The van der Waals surface area contributed by atoms with E-state index in [2.05, 4.69) is 185 Å². The van der Waals surface area contributed by atoms with Crippen LogP contribution >= 0.6 is 11.8 Å². The molecule has 256 valence electrons. The quantitative estimate of drug-likeness (QED) is 0.182. The third kappa shape index (κ3) is 4.52. The number of hydrogen-bond donors (Lipinski definition) is 0. The SMILES string of the molecule is c1cc(-c2nc(-c3cccc4ccccc34)nc(-c3cccc4ccccc34)n2)cc(-n2c3ccccc3c3c4cccc5c4n(c32)-c2ccccc2S5)c1. The molecule has 0 unspecified atom stereocenters. The van der Waals surface area contributed by atoms with E-state index in [-0.39, 0.29) is 0 Å². The van der Waals surface area contributed by atoms with Gasteiger partial charge in [0, 0.05) is 48.3 Å².